The molecule has 2 heterocycles. The Morgan fingerprint density at radius 2 is 2.38 bits per heavy atom. The molecule has 0 fully saturated rings. The van der Waals surface area contributed by atoms with Crippen molar-refractivity contribution in [1.29, 1.82) is 0 Å². The first-order chi connectivity index (χ1) is 7.63. The van der Waals surface area contributed by atoms with E-state index < -0.39 is 0 Å². The normalized spacial score (nSPS) is 13.0. The van der Waals surface area contributed by atoms with Crippen LogP contribution >= 0.6 is 27.3 Å². The van der Waals surface area contributed by atoms with E-state index in [1.807, 2.05) is 20.2 Å². The molecule has 8 heteroatoms. The van der Waals surface area contributed by atoms with Crippen molar-refractivity contribution in [2.75, 3.05) is 0 Å². The summed E-state index contributed by atoms with van der Waals surface area (Å²) in [7, 11) is 1.82. The molecule has 2 aromatic rings. The minimum absolute atomic E-state index is 0.152. The quantitative estimate of drug-likeness (QED) is 0.650. The largest absolute Gasteiger partial charge is 0.270 e. The second-order valence-electron chi connectivity index (χ2n) is 3.27. The number of hydrogen-bond donors (Lipinski definition) is 2. The molecular weight excluding hydrogens is 292 g/mol. The third-order valence-corrected chi connectivity index (χ3v) is 3.73. The number of hydrogen-bond acceptors (Lipinski definition) is 6. The number of nitrogens with two attached hydrogens (primary N) is 1. The molecular formula is C8H11BrN6S. The maximum atomic E-state index is 5.58. The lowest BCUT2D eigenvalue weighted by molar-refractivity contribution is 0.575. The van der Waals surface area contributed by atoms with E-state index in [4.69, 9.17) is 5.84 Å². The molecule has 0 aromatic carbocycles. The summed E-state index contributed by atoms with van der Waals surface area (Å²) in [5.74, 6) is 5.58. The second-order valence-corrected chi connectivity index (χ2v) is 5.29. The third-order valence-electron chi connectivity index (χ3n) is 2.19. The zero-order valence-corrected chi connectivity index (χ0v) is 11.2. The highest BCUT2D eigenvalue weighted by molar-refractivity contribution is 9.10. The molecule has 16 heavy (non-hydrogen) atoms. The molecule has 0 aliphatic carbocycles. The predicted octanol–water partition coefficient (Wildman–Crippen LogP) is 0.895. The van der Waals surface area contributed by atoms with Gasteiger partial charge in [-0.25, -0.2) is 15.1 Å². The minimum Gasteiger partial charge on any atom is -0.270 e. The molecule has 2 aromatic heterocycles. The van der Waals surface area contributed by atoms with Gasteiger partial charge in [0.05, 0.1) is 10.7 Å². The number of thiazole rings is 1. The van der Waals surface area contributed by atoms with Gasteiger partial charge in [-0.05, 0) is 22.9 Å². The van der Waals surface area contributed by atoms with Crippen LogP contribution in [0.4, 0.5) is 0 Å². The van der Waals surface area contributed by atoms with Crippen molar-refractivity contribution in [3.8, 4) is 0 Å². The summed E-state index contributed by atoms with van der Waals surface area (Å²) in [6.07, 6.45) is 1.81. The van der Waals surface area contributed by atoms with Gasteiger partial charge in [0.15, 0.2) is 4.60 Å². The van der Waals surface area contributed by atoms with Crippen molar-refractivity contribution in [2.24, 2.45) is 12.9 Å². The SMILES string of the molecule is Cc1ncc(C(NN)c2c(Br)nnn2C)s1. The number of halogens is 1. The third kappa shape index (κ3) is 2.01. The molecule has 0 aliphatic rings. The van der Waals surface area contributed by atoms with Crippen LogP contribution in [0, 0.1) is 6.92 Å². The van der Waals surface area contributed by atoms with Gasteiger partial charge in [-0.1, -0.05) is 5.21 Å². The van der Waals surface area contributed by atoms with E-state index in [1.54, 1.807) is 16.0 Å². The van der Waals surface area contributed by atoms with Gasteiger partial charge in [0.1, 0.15) is 6.04 Å². The first-order valence-electron chi connectivity index (χ1n) is 4.57. The van der Waals surface area contributed by atoms with Crippen LogP contribution in [0.25, 0.3) is 0 Å². The zero-order valence-electron chi connectivity index (χ0n) is 8.81. The van der Waals surface area contributed by atoms with Crippen molar-refractivity contribution >= 4 is 27.3 Å². The van der Waals surface area contributed by atoms with Crippen molar-refractivity contribution in [3.05, 3.63) is 26.4 Å². The number of rotatable bonds is 3. The molecule has 2 rings (SSSR count). The van der Waals surface area contributed by atoms with Crippen LogP contribution in [-0.4, -0.2) is 20.0 Å². The van der Waals surface area contributed by atoms with Crippen LogP contribution in [0.1, 0.15) is 21.6 Å². The molecule has 0 aliphatic heterocycles. The van der Waals surface area contributed by atoms with Gasteiger partial charge >= 0.3 is 0 Å². The van der Waals surface area contributed by atoms with E-state index in [1.165, 1.54) is 0 Å². The van der Waals surface area contributed by atoms with Gasteiger partial charge in [0.25, 0.3) is 0 Å². The van der Waals surface area contributed by atoms with Crippen LogP contribution in [0.15, 0.2) is 10.8 Å². The Bertz CT molecular complexity index is 473. The Balaban J connectivity index is 2.44. The monoisotopic (exact) mass is 302 g/mol. The lowest BCUT2D eigenvalue weighted by atomic mass is 10.2. The van der Waals surface area contributed by atoms with Crippen molar-refractivity contribution < 1.29 is 0 Å². The summed E-state index contributed by atoms with van der Waals surface area (Å²) < 4.78 is 2.37. The summed E-state index contributed by atoms with van der Waals surface area (Å²) in [5.41, 5.74) is 3.64. The molecule has 0 saturated heterocycles. The first kappa shape index (κ1) is 11.6. The van der Waals surface area contributed by atoms with Crippen LogP contribution in [-0.2, 0) is 7.05 Å². The van der Waals surface area contributed by atoms with E-state index in [-0.39, 0.29) is 6.04 Å². The Hall–Kier alpha value is -0.830. The van der Waals surface area contributed by atoms with Crippen molar-refractivity contribution in [1.82, 2.24) is 25.4 Å². The summed E-state index contributed by atoms with van der Waals surface area (Å²) in [6, 6.07) is -0.152. The zero-order chi connectivity index (χ0) is 11.7. The molecule has 1 unspecified atom stereocenters. The predicted molar refractivity (Wildman–Crippen MR) is 64.7 cm³/mol. The second kappa shape index (κ2) is 4.58. The Labute approximate surface area is 105 Å². The van der Waals surface area contributed by atoms with E-state index in [0.717, 1.165) is 15.6 Å². The van der Waals surface area contributed by atoms with Gasteiger partial charge < -0.3 is 0 Å². The molecule has 0 spiro atoms. The van der Waals surface area contributed by atoms with Crippen LogP contribution in [0.5, 0.6) is 0 Å². The standard InChI is InChI=1S/C8H11BrN6S/c1-4-11-3-5(16-4)6(12-10)7-8(9)13-14-15(7)2/h3,6,12H,10H2,1-2H3. The lowest BCUT2D eigenvalue weighted by Crippen LogP contribution is -2.30. The van der Waals surface area contributed by atoms with Crippen LogP contribution in [0.2, 0.25) is 0 Å². The number of hydrazine groups is 1. The van der Waals surface area contributed by atoms with Crippen molar-refractivity contribution in [3.63, 3.8) is 0 Å². The van der Waals surface area contributed by atoms with E-state index in [0.29, 0.717) is 4.60 Å². The van der Waals surface area contributed by atoms with Crippen molar-refractivity contribution in [2.45, 2.75) is 13.0 Å². The summed E-state index contributed by atoms with van der Waals surface area (Å²) in [6.45, 7) is 1.96. The highest BCUT2D eigenvalue weighted by Crippen LogP contribution is 2.29. The number of nitrogens with zero attached hydrogens (tertiary/aromatic N) is 4. The van der Waals surface area contributed by atoms with E-state index in [2.05, 4.69) is 36.7 Å². The van der Waals surface area contributed by atoms with E-state index >= 15 is 0 Å². The van der Waals surface area contributed by atoms with Gasteiger partial charge in [-0.2, -0.15) is 0 Å². The highest BCUT2D eigenvalue weighted by atomic mass is 79.9. The average molecular weight is 303 g/mol. The molecule has 3 N–H and O–H groups in total. The lowest BCUT2D eigenvalue weighted by Gasteiger charge is -2.13. The fourth-order valence-corrected chi connectivity index (χ4v) is 2.86. The Kier molecular flexibility index (Phi) is 3.33. The van der Waals surface area contributed by atoms with Gasteiger partial charge in [-0.3, -0.25) is 5.84 Å². The Morgan fingerprint density at radius 1 is 1.62 bits per heavy atom. The maximum absolute atomic E-state index is 5.58. The number of aromatic nitrogens is 4. The Morgan fingerprint density at radius 3 is 2.81 bits per heavy atom. The molecule has 0 radical (unpaired) electrons. The number of aryl methyl sites for hydroxylation is 2. The average Bonchev–Trinajstić information content (AvgIpc) is 2.80. The molecule has 0 bridgehead atoms. The summed E-state index contributed by atoms with van der Waals surface area (Å²) in [5, 5.41) is 8.86. The minimum atomic E-state index is -0.152. The molecule has 0 amide bonds. The molecule has 86 valence electrons. The molecule has 0 saturated carbocycles. The molecule has 6 nitrogen and oxygen atoms in total. The maximum Gasteiger partial charge on any atom is 0.153 e. The topological polar surface area (TPSA) is 81.7 Å². The van der Waals surface area contributed by atoms with Crippen LogP contribution in [0.3, 0.4) is 0 Å². The van der Waals surface area contributed by atoms with E-state index in [9.17, 15) is 0 Å². The first-order valence-corrected chi connectivity index (χ1v) is 6.18. The van der Waals surface area contributed by atoms with Gasteiger partial charge in [0, 0.05) is 18.1 Å². The smallest absolute Gasteiger partial charge is 0.153 e. The summed E-state index contributed by atoms with van der Waals surface area (Å²) >= 11 is 4.95. The highest BCUT2D eigenvalue weighted by Gasteiger charge is 2.22. The number of nitrogens with one attached hydrogen (secondary N) is 1. The molecule has 1 atom stereocenters. The van der Waals surface area contributed by atoms with Gasteiger partial charge in [0.2, 0.25) is 0 Å². The summed E-state index contributed by atoms with van der Waals surface area (Å²) in [4.78, 5) is 5.25. The van der Waals surface area contributed by atoms with Crippen LogP contribution < -0.4 is 11.3 Å². The van der Waals surface area contributed by atoms with Gasteiger partial charge in [-0.15, -0.1) is 16.4 Å². The fourth-order valence-electron chi connectivity index (χ4n) is 1.45. The fraction of sp³-hybridized carbons (Fsp3) is 0.375.